The fraction of sp³-hybridized carbons (Fsp3) is 0.0417. The molecule has 0 aliphatic heterocycles. The Labute approximate surface area is 304 Å². The molecule has 0 fully saturated rings. The summed E-state index contributed by atoms with van der Waals surface area (Å²) in [4.78, 5) is 19.7. The third-order valence-corrected chi connectivity index (χ3v) is 9.51. The van der Waals surface area contributed by atoms with Crippen LogP contribution in [0.3, 0.4) is 0 Å². The molecular weight excluding hydrogens is 633 g/mol. The first kappa shape index (κ1) is 32.4. The molecule has 0 radical (unpaired) electrons. The van der Waals surface area contributed by atoms with Crippen LogP contribution in [0.15, 0.2) is 176 Å². The molecule has 0 bridgehead atoms. The highest BCUT2D eigenvalue weighted by Crippen LogP contribution is 2.39. The number of aryl methyl sites for hydroxylation is 1. The SMILES string of the molecule is C.Cc1ncccc1-c1ccc(-c2cc(-c3nc(-c4ccccc4)nc(-c4ccccc4)n3)cc(-c3cc4ccccc4c4ccccc34)c2)cc1. The van der Waals surface area contributed by atoms with Gasteiger partial charge in [0.1, 0.15) is 0 Å². The van der Waals surface area contributed by atoms with Crippen LogP contribution in [-0.2, 0) is 0 Å². The standard InChI is InChI=1S/C47H32N4.CH4/c1-31-40(21-12-26-48-31)33-24-22-32(23-25-33)37-27-38(44-30-36-17-8-9-18-41(36)42-19-10-11-20-43(42)44)29-39(28-37)47-50-45(34-13-4-2-5-14-34)49-46(51-47)35-15-6-3-7-16-35;/h2-30H,1H3;1H4. The van der Waals surface area contributed by atoms with E-state index in [4.69, 9.17) is 15.0 Å². The van der Waals surface area contributed by atoms with Crippen LogP contribution in [0.4, 0.5) is 0 Å². The summed E-state index contributed by atoms with van der Waals surface area (Å²) in [6.45, 7) is 2.05. The largest absolute Gasteiger partial charge is 0.261 e. The van der Waals surface area contributed by atoms with Gasteiger partial charge < -0.3 is 0 Å². The van der Waals surface area contributed by atoms with E-state index in [0.717, 1.165) is 55.8 Å². The van der Waals surface area contributed by atoms with Crippen LogP contribution in [0.25, 0.3) is 89.1 Å². The van der Waals surface area contributed by atoms with Crippen molar-refractivity contribution in [1.82, 2.24) is 19.9 Å². The lowest BCUT2D eigenvalue weighted by Gasteiger charge is -2.15. The van der Waals surface area contributed by atoms with Gasteiger partial charge in [-0.05, 0) is 86.6 Å². The van der Waals surface area contributed by atoms with Crippen molar-refractivity contribution in [2.45, 2.75) is 14.4 Å². The molecule has 0 saturated heterocycles. The Bertz CT molecular complexity index is 2630. The van der Waals surface area contributed by atoms with Crippen molar-refractivity contribution >= 4 is 21.5 Å². The number of fused-ring (bicyclic) bond motifs is 3. The van der Waals surface area contributed by atoms with Crippen molar-refractivity contribution in [2.75, 3.05) is 0 Å². The van der Waals surface area contributed by atoms with E-state index in [-0.39, 0.29) is 7.43 Å². The molecule has 2 aromatic heterocycles. The normalized spacial score (nSPS) is 11.0. The van der Waals surface area contributed by atoms with Gasteiger partial charge >= 0.3 is 0 Å². The van der Waals surface area contributed by atoms with Crippen molar-refractivity contribution in [1.29, 1.82) is 0 Å². The summed E-state index contributed by atoms with van der Waals surface area (Å²) in [5.74, 6) is 1.90. The molecule has 0 unspecified atom stereocenters. The Morgan fingerprint density at radius 3 is 1.52 bits per heavy atom. The van der Waals surface area contributed by atoms with E-state index in [9.17, 15) is 0 Å². The van der Waals surface area contributed by atoms with E-state index in [1.54, 1.807) is 0 Å². The second kappa shape index (κ2) is 13.9. The minimum absolute atomic E-state index is 0. The first-order valence-corrected chi connectivity index (χ1v) is 17.1. The monoisotopic (exact) mass is 668 g/mol. The second-order valence-electron chi connectivity index (χ2n) is 12.7. The summed E-state index contributed by atoms with van der Waals surface area (Å²) in [6.07, 6.45) is 1.84. The zero-order valence-electron chi connectivity index (χ0n) is 28.0. The minimum Gasteiger partial charge on any atom is -0.261 e. The average Bonchev–Trinajstić information content (AvgIpc) is 3.21. The van der Waals surface area contributed by atoms with Gasteiger partial charge in [0.05, 0.1) is 0 Å². The Balaban J connectivity index is 0.00000387. The van der Waals surface area contributed by atoms with E-state index in [2.05, 4.69) is 115 Å². The molecule has 0 N–H and O–H groups in total. The summed E-state index contributed by atoms with van der Waals surface area (Å²) in [5, 5.41) is 4.87. The van der Waals surface area contributed by atoms with Crippen molar-refractivity contribution < 1.29 is 0 Å². The van der Waals surface area contributed by atoms with E-state index in [1.807, 2.05) is 72.9 Å². The third kappa shape index (κ3) is 6.12. The summed E-state index contributed by atoms with van der Waals surface area (Å²) < 4.78 is 0. The summed E-state index contributed by atoms with van der Waals surface area (Å²) in [7, 11) is 0. The molecule has 0 saturated carbocycles. The number of aromatic nitrogens is 4. The number of pyridine rings is 1. The lowest BCUT2D eigenvalue weighted by atomic mass is 9.90. The Morgan fingerprint density at radius 2 is 0.865 bits per heavy atom. The number of hydrogen-bond donors (Lipinski definition) is 0. The fourth-order valence-electron chi connectivity index (χ4n) is 6.94. The van der Waals surface area contributed by atoms with Gasteiger partial charge in [0.15, 0.2) is 17.5 Å². The van der Waals surface area contributed by atoms with Gasteiger partial charge in [-0.15, -0.1) is 0 Å². The molecule has 7 aromatic carbocycles. The Morgan fingerprint density at radius 1 is 0.346 bits per heavy atom. The van der Waals surface area contributed by atoms with Crippen LogP contribution in [0.5, 0.6) is 0 Å². The van der Waals surface area contributed by atoms with Gasteiger partial charge in [-0.1, -0.05) is 147 Å². The summed E-state index contributed by atoms with van der Waals surface area (Å²) in [5.41, 5.74) is 10.5. The summed E-state index contributed by atoms with van der Waals surface area (Å²) in [6, 6.07) is 59.4. The Kier molecular flexibility index (Phi) is 8.64. The summed E-state index contributed by atoms with van der Waals surface area (Å²) >= 11 is 0. The number of rotatable bonds is 6. The molecule has 2 heterocycles. The molecule has 0 aliphatic rings. The van der Waals surface area contributed by atoms with Crippen LogP contribution in [0.2, 0.25) is 0 Å². The van der Waals surface area contributed by atoms with Crippen molar-refractivity contribution in [2.24, 2.45) is 0 Å². The highest BCUT2D eigenvalue weighted by Gasteiger charge is 2.17. The van der Waals surface area contributed by atoms with Gasteiger partial charge in [0, 0.05) is 34.1 Å². The average molecular weight is 669 g/mol. The van der Waals surface area contributed by atoms with Crippen LogP contribution in [-0.4, -0.2) is 19.9 Å². The molecule has 0 atom stereocenters. The number of benzene rings is 7. The van der Waals surface area contributed by atoms with Gasteiger partial charge in [-0.2, -0.15) is 0 Å². The van der Waals surface area contributed by atoms with E-state index >= 15 is 0 Å². The van der Waals surface area contributed by atoms with E-state index in [1.165, 1.54) is 21.5 Å². The van der Waals surface area contributed by atoms with E-state index < -0.39 is 0 Å². The predicted octanol–water partition coefficient (Wildman–Crippen LogP) is 12.5. The van der Waals surface area contributed by atoms with Crippen LogP contribution >= 0.6 is 0 Å². The highest BCUT2D eigenvalue weighted by atomic mass is 15.0. The maximum atomic E-state index is 5.12. The van der Waals surface area contributed by atoms with E-state index in [0.29, 0.717) is 17.5 Å². The van der Waals surface area contributed by atoms with Crippen molar-refractivity contribution in [3.8, 4) is 67.5 Å². The zero-order chi connectivity index (χ0) is 34.1. The van der Waals surface area contributed by atoms with Crippen molar-refractivity contribution in [3.05, 3.63) is 182 Å². The van der Waals surface area contributed by atoms with Crippen LogP contribution in [0, 0.1) is 6.92 Å². The smallest absolute Gasteiger partial charge is 0.164 e. The maximum absolute atomic E-state index is 5.12. The molecule has 0 aliphatic carbocycles. The van der Waals surface area contributed by atoms with Gasteiger partial charge in [0.25, 0.3) is 0 Å². The third-order valence-electron chi connectivity index (χ3n) is 9.51. The van der Waals surface area contributed by atoms with Crippen LogP contribution in [0.1, 0.15) is 13.1 Å². The second-order valence-corrected chi connectivity index (χ2v) is 12.7. The van der Waals surface area contributed by atoms with Gasteiger partial charge in [0.2, 0.25) is 0 Å². The molecule has 9 rings (SSSR count). The van der Waals surface area contributed by atoms with Gasteiger partial charge in [-0.25, -0.2) is 15.0 Å². The van der Waals surface area contributed by atoms with Crippen molar-refractivity contribution in [3.63, 3.8) is 0 Å². The topological polar surface area (TPSA) is 51.6 Å². The fourth-order valence-corrected chi connectivity index (χ4v) is 6.94. The minimum atomic E-state index is 0. The first-order chi connectivity index (χ1) is 25.2. The van der Waals surface area contributed by atoms with Gasteiger partial charge in [-0.3, -0.25) is 4.98 Å². The maximum Gasteiger partial charge on any atom is 0.164 e. The first-order valence-electron chi connectivity index (χ1n) is 17.1. The molecule has 0 amide bonds. The molecule has 4 heteroatoms. The lowest BCUT2D eigenvalue weighted by Crippen LogP contribution is -2.00. The van der Waals surface area contributed by atoms with Crippen LogP contribution < -0.4 is 0 Å². The predicted molar refractivity (Wildman–Crippen MR) is 217 cm³/mol. The molecular formula is C48H36N4. The quantitative estimate of drug-likeness (QED) is 0.165. The highest BCUT2D eigenvalue weighted by molar-refractivity contribution is 6.14. The molecule has 52 heavy (non-hydrogen) atoms. The number of nitrogens with zero attached hydrogens (tertiary/aromatic N) is 4. The number of hydrogen-bond acceptors (Lipinski definition) is 4. The zero-order valence-corrected chi connectivity index (χ0v) is 28.0. The molecule has 248 valence electrons. The molecule has 4 nitrogen and oxygen atoms in total. The molecule has 0 spiro atoms. The lowest BCUT2D eigenvalue weighted by molar-refractivity contribution is 1.07. The molecule has 9 aromatic rings. The Hall–Kier alpha value is -6.78.